The van der Waals surface area contributed by atoms with Crippen LogP contribution in [0.15, 0.2) is 24.4 Å². The number of aromatic amines is 1. The summed E-state index contributed by atoms with van der Waals surface area (Å²) < 4.78 is 0. The molecule has 0 radical (unpaired) electrons. The average Bonchev–Trinajstić information content (AvgIpc) is 3.28. The van der Waals surface area contributed by atoms with Gasteiger partial charge in [-0.15, -0.1) is 0 Å². The molecule has 5 heteroatoms. The first-order valence-electron chi connectivity index (χ1n) is 7.84. The fourth-order valence-electron chi connectivity index (χ4n) is 2.74. The average molecular weight is 298 g/mol. The van der Waals surface area contributed by atoms with E-state index in [-0.39, 0.29) is 17.9 Å². The number of nitrogens with one attached hydrogen (secondary N) is 2. The van der Waals surface area contributed by atoms with Gasteiger partial charge >= 0.3 is 0 Å². The number of carbonyl (C=O) groups is 1. The Balaban J connectivity index is 1.84. The van der Waals surface area contributed by atoms with E-state index in [0.717, 1.165) is 29.9 Å². The van der Waals surface area contributed by atoms with Crippen molar-refractivity contribution in [3.05, 3.63) is 47.0 Å². The van der Waals surface area contributed by atoms with E-state index in [0.29, 0.717) is 11.5 Å². The maximum Gasteiger partial charge on any atom is 0.255 e. The third kappa shape index (κ3) is 2.89. The van der Waals surface area contributed by atoms with Crippen molar-refractivity contribution < 1.29 is 4.79 Å². The summed E-state index contributed by atoms with van der Waals surface area (Å²) in [5, 5.41) is 10.4. The van der Waals surface area contributed by atoms with Gasteiger partial charge in [0.15, 0.2) is 0 Å². The third-order valence-electron chi connectivity index (χ3n) is 4.13. The van der Waals surface area contributed by atoms with E-state index in [1.807, 2.05) is 25.1 Å². The minimum Gasteiger partial charge on any atom is -0.343 e. The van der Waals surface area contributed by atoms with Crippen LogP contribution in [0, 0.1) is 12.8 Å². The molecule has 116 valence electrons. The van der Waals surface area contributed by atoms with Gasteiger partial charge in [-0.05, 0) is 37.8 Å². The van der Waals surface area contributed by atoms with Crippen molar-refractivity contribution in [2.45, 2.75) is 45.6 Å². The van der Waals surface area contributed by atoms with Crippen LogP contribution in [-0.2, 0) is 0 Å². The van der Waals surface area contributed by atoms with Crippen LogP contribution in [0.4, 0.5) is 0 Å². The van der Waals surface area contributed by atoms with Crippen molar-refractivity contribution in [2.75, 3.05) is 0 Å². The standard InChI is InChI=1S/C17H22N4O/c1-10(2)15(13-6-4-5-9-18-13)19-17(22)14-11(3)20-21-16(14)12-7-8-12/h4-6,9-10,12,15H,7-8H2,1-3H3,(H,19,22)(H,20,21). The molecule has 1 aliphatic rings. The molecular formula is C17H22N4O. The summed E-state index contributed by atoms with van der Waals surface area (Å²) in [7, 11) is 0. The van der Waals surface area contributed by atoms with E-state index >= 15 is 0 Å². The monoisotopic (exact) mass is 298 g/mol. The number of H-pyrrole nitrogens is 1. The largest absolute Gasteiger partial charge is 0.343 e. The first kappa shape index (κ1) is 14.8. The molecule has 1 saturated carbocycles. The highest BCUT2D eigenvalue weighted by Crippen LogP contribution is 2.41. The van der Waals surface area contributed by atoms with Crippen molar-refractivity contribution in [1.29, 1.82) is 0 Å². The summed E-state index contributed by atoms with van der Waals surface area (Å²) in [5.41, 5.74) is 3.35. The molecule has 22 heavy (non-hydrogen) atoms. The molecule has 0 aromatic carbocycles. The van der Waals surface area contributed by atoms with Crippen molar-refractivity contribution in [1.82, 2.24) is 20.5 Å². The van der Waals surface area contributed by atoms with Crippen molar-refractivity contribution in [3.8, 4) is 0 Å². The lowest BCUT2D eigenvalue weighted by Crippen LogP contribution is -2.33. The van der Waals surface area contributed by atoms with Gasteiger partial charge < -0.3 is 5.32 Å². The Bertz CT molecular complexity index is 659. The summed E-state index contributed by atoms with van der Waals surface area (Å²) in [5.74, 6) is 0.644. The maximum atomic E-state index is 12.8. The molecule has 0 saturated heterocycles. The molecule has 2 N–H and O–H groups in total. The van der Waals surface area contributed by atoms with Gasteiger partial charge in [0.2, 0.25) is 0 Å². The second-order valence-corrected chi connectivity index (χ2v) is 6.33. The van der Waals surface area contributed by atoms with Crippen LogP contribution in [0.2, 0.25) is 0 Å². The number of hydrogen-bond donors (Lipinski definition) is 2. The van der Waals surface area contributed by atoms with Gasteiger partial charge in [0.1, 0.15) is 0 Å². The van der Waals surface area contributed by atoms with Crippen LogP contribution in [0.3, 0.4) is 0 Å². The van der Waals surface area contributed by atoms with Gasteiger partial charge in [-0.2, -0.15) is 5.10 Å². The van der Waals surface area contributed by atoms with Gasteiger partial charge in [-0.3, -0.25) is 14.9 Å². The zero-order chi connectivity index (χ0) is 15.7. The highest BCUT2D eigenvalue weighted by molar-refractivity contribution is 5.97. The Morgan fingerprint density at radius 1 is 1.36 bits per heavy atom. The summed E-state index contributed by atoms with van der Waals surface area (Å²) in [6.45, 7) is 6.08. The minimum absolute atomic E-state index is 0.0579. The molecule has 5 nitrogen and oxygen atoms in total. The Morgan fingerprint density at radius 2 is 2.14 bits per heavy atom. The molecule has 1 atom stereocenters. The Morgan fingerprint density at radius 3 is 2.73 bits per heavy atom. The lowest BCUT2D eigenvalue weighted by atomic mass is 9.99. The van der Waals surface area contributed by atoms with Crippen LogP contribution in [0.25, 0.3) is 0 Å². The zero-order valence-electron chi connectivity index (χ0n) is 13.3. The molecule has 1 amide bonds. The summed E-state index contributed by atoms with van der Waals surface area (Å²) in [6.07, 6.45) is 4.01. The van der Waals surface area contributed by atoms with Crippen LogP contribution in [0.5, 0.6) is 0 Å². The first-order chi connectivity index (χ1) is 10.6. The molecule has 2 aromatic heterocycles. The van der Waals surface area contributed by atoms with Crippen LogP contribution in [0.1, 0.15) is 66.1 Å². The van der Waals surface area contributed by atoms with Crippen molar-refractivity contribution in [2.24, 2.45) is 5.92 Å². The molecule has 2 aromatic rings. The van der Waals surface area contributed by atoms with Gasteiger partial charge in [0.25, 0.3) is 5.91 Å². The quantitative estimate of drug-likeness (QED) is 0.891. The number of hydrogen-bond acceptors (Lipinski definition) is 3. The molecule has 1 unspecified atom stereocenters. The number of aryl methyl sites for hydroxylation is 1. The zero-order valence-corrected chi connectivity index (χ0v) is 13.3. The fraction of sp³-hybridized carbons (Fsp3) is 0.471. The highest BCUT2D eigenvalue weighted by Gasteiger charge is 2.33. The fourth-order valence-corrected chi connectivity index (χ4v) is 2.74. The van der Waals surface area contributed by atoms with Crippen LogP contribution >= 0.6 is 0 Å². The minimum atomic E-state index is -0.102. The molecule has 1 fully saturated rings. The van der Waals surface area contributed by atoms with Gasteiger partial charge in [-0.1, -0.05) is 19.9 Å². The van der Waals surface area contributed by atoms with E-state index in [4.69, 9.17) is 0 Å². The highest BCUT2D eigenvalue weighted by atomic mass is 16.1. The SMILES string of the molecule is Cc1[nH]nc(C2CC2)c1C(=O)NC(c1ccccn1)C(C)C. The maximum absolute atomic E-state index is 12.8. The molecule has 0 aliphatic heterocycles. The number of carbonyl (C=O) groups excluding carboxylic acids is 1. The lowest BCUT2D eigenvalue weighted by molar-refractivity contribution is 0.0923. The van der Waals surface area contributed by atoms with E-state index in [1.165, 1.54) is 0 Å². The lowest BCUT2D eigenvalue weighted by Gasteiger charge is -2.22. The Kier molecular flexibility index (Phi) is 3.96. The van der Waals surface area contributed by atoms with E-state index in [9.17, 15) is 4.79 Å². The second-order valence-electron chi connectivity index (χ2n) is 6.33. The predicted octanol–water partition coefficient (Wildman–Crippen LogP) is 3.12. The third-order valence-corrected chi connectivity index (χ3v) is 4.13. The van der Waals surface area contributed by atoms with Crippen molar-refractivity contribution in [3.63, 3.8) is 0 Å². The Labute approximate surface area is 130 Å². The van der Waals surface area contributed by atoms with Crippen LogP contribution in [-0.4, -0.2) is 21.1 Å². The van der Waals surface area contributed by atoms with Crippen LogP contribution < -0.4 is 5.32 Å². The number of pyridine rings is 1. The van der Waals surface area contributed by atoms with Crippen molar-refractivity contribution >= 4 is 5.91 Å². The number of aromatic nitrogens is 3. The molecule has 2 heterocycles. The molecule has 0 bridgehead atoms. The number of nitrogens with zero attached hydrogens (tertiary/aromatic N) is 2. The van der Waals surface area contributed by atoms with Gasteiger partial charge in [0, 0.05) is 17.8 Å². The topological polar surface area (TPSA) is 70.7 Å². The number of amides is 1. The summed E-state index contributed by atoms with van der Waals surface area (Å²) in [6, 6.07) is 5.68. The summed E-state index contributed by atoms with van der Waals surface area (Å²) in [4.78, 5) is 17.2. The second kappa shape index (κ2) is 5.91. The predicted molar refractivity (Wildman–Crippen MR) is 84.6 cm³/mol. The van der Waals surface area contributed by atoms with E-state index in [2.05, 4.69) is 34.3 Å². The number of rotatable bonds is 5. The normalized spacial score (nSPS) is 15.8. The summed E-state index contributed by atoms with van der Waals surface area (Å²) >= 11 is 0. The van der Waals surface area contributed by atoms with Gasteiger partial charge in [-0.25, -0.2) is 0 Å². The van der Waals surface area contributed by atoms with Gasteiger partial charge in [0.05, 0.1) is 23.0 Å². The molecule has 3 rings (SSSR count). The van der Waals surface area contributed by atoms with E-state index in [1.54, 1.807) is 6.20 Å². The molecule has 0 spiro atoms. The molecular weight excluding hydrogens is 276 g/mol. The Hall–Kier alpha value is -2.17. The smallest absolute Gasteiger partial charge is 0.255 e. The first-order valence-corrected chi connectivity index (χ1v) is 7.84. The van der Waals surface area contributed by atoms with E-state index < -0.39 is 0 Å². The molecule has 1 aliphatic carbocycles.